The van der Waals surface area contributed by atoms with Gasteiger partial charge in [0.15, 0.2) is 11.0 Å². The van der Waals surface area contributed by atoms with Crippen LogP contribution >= 0.6 is 11.8 Å². The van der Waals surface area contributed by atoms with Gasteiger partial charge in [-0.3, -0.25) is 9.59 Å². The Labute approximate surface area is 202 Å². The number of nitrogens with one attached hydrogen (secondary N) is 2. The van der Waals surface area contributed by atoms with Crippen molar-refractivity contribution in [3.05, 3.63) is 71.0 Å². The van der Waals surface area contributed by atoms with E-state index < -0.39 is 5.97 Å². The van der Waals surface area contributed by atoms with Crippen molar-refractivity contribution < 1.29 is 19.1 Å². The molecule has 0 spiro atoms. The van der Waals surface area contributed by atoms with Gasteiger partial charge in [0.25, 0.3) is 5.91 Å². The lowest BCUT2D eigenvalue weighted by Gasteiger charge is -2.15. The topological polar surface area (TPSA) is 115 Å². The normalized spacial score (nSPS) is 11.5. The Balaban J connectivity index is 1.59. The molecule has 1 heterocycles. The Hall–Kier alpha value is -3.66. The van der Waals surface area contributed by atoms with Crippen LogP contribution in [0.2, 0.25) is 0 Å². The summed E-state index contributed by atoms with van der Waals surface area (Å²) < 4.78 is 6.54. The van der Waals surface area contributed by atoms with Crippen LogP contribution in [0.5, 0.6) is 0 Å². The van der Waals surface area contributed by atoms with E-state index in [-0.39, 0.29) is 23.6 Å². The van der Waals surface area contributed by atoms with Crippen molar-refractivity contribution in [3.8, 4) is 0 Å². The summed E-state index contributed by atoms with van der Waals surface area (Å²) in [6, 6.07) is 13.5. The monoisotopic (exact) mass is 481 g/mol. The molecule has 0 unspecified atom stereocenters. The standard InChI is InChI=1S/C24H27N5O4S/c1-5-29-21(16(3)25-22(31)18-8-6-7-15(2)13-18)27-28-24(29)34-14-20(30)26-19-11-9-17(10-12-19)23(32)33-4/h6-13,16H,5,14H2,1-4H3,(H,25,31)(H,26,30)/t16-/m0/s1. The van der Waals surface area contributed by atoms with Crippen LogP contribution in [0.1, 0.15) is 52.0 Å². The number of aryl methyl sites for hydroxylation is 1. The SMILES string of the molecule is CCn1c(SCC(=O)Nc2ccc(C(=O)OC)cc2)nnc1[C@H](C)NC(=O)c1cccc(C)c1. The summed E-state index contributed by atoms with van der Waals surface area (Å²) in [5.74, 6) is -0.101. The highest BCUT2D eigenvalue weighted by molar-refractivity contribution is 7.99. The molecule has 9 nitrogen and oxygen atoms in total. The van der Waals surface area contributed by atoms with Gasteiger partial charge in [-0.1, -0.05) is 29.5 Å². The quantitative estimate of drug-likeness (QED) is 0.354. The van der Waals surface area contributed by atoms with Gasteiger partial charge in [0.1, 0.15) is 0 Å². The second kappa shape index (κ2) is 11.5. The first-order chi connectivity index (χ1) is 16.3. The molecule has 34 heavy (non-hydrogen) atoms. The van der Waals surface area contributed by atoms with Crippen LogP contribution in [0.4, 0.5) is 5.69 Å². The summed E-state index contributed by atoms with van der Waals surface area (Å²) in [5.41, 5.74) is 2.57. The zero-order valence-electron chi connectivity index (χ0n) is 19.5. The predicted molar refractivity (Wildman–Crippen MR) is 130 cm³/mol. The number of nitrogens with zero attached hydrogens (tertiary/aromatic N) is 3. The fraction of sp³-hybridized carbons (Fsp3) is 0.292. The molecular formula is C24H27N5O4S. The first kappa shape index (κ1) is 25.0. The van der Waals surface area contributed by atoms with Crippen LogP contribution in [0.3, 0.4) is 0 Å². The average Bonchev–Trinajstić information content (AvgIpc) is 3.25. The molecule has 0 aliphatic rings. The first-order valence-electron chi connectivity index (χ1n) is 10.7. The number of hydrogen-bond donors (Lipinski definition) is 2. The second-order valence-electron chi connectivity index (χ2n) is 7.56. The van der Waals surface area contributed by atoms with Crippen molar-refractivity contribution in [2.24, 2.45) is 0 Å². The highest BCUT2D eigenvalue weighted by atomic mass is 32.2. The van der Waals surface area contributed by atoms with Crippen LogP contribution in [-0.4, -0.2) is 45.4 Å². The molecule has 2 N–H and O–H groups in total. The Morgan fingerprint density at radius 1 is 1.09 bits per heavy atom. The van der Waals surface area contributed by atoms with E-state index in [1.807, 2.05) is 43.5 Å². The molecule has 3 rings (SSSR count). The molecule has 0 saturated carbocycles. The molecule has 0 bridgehead atoms. The number of amides is 2. The van der Waals surface area contributed by atoms with Crippen molar-refractivity contribution in [1.82, 2.24) is 20.1 Å². The molecule has 0 fully saturated rings. The number of carbonyl (C=O) groups excluding carboxylic acids is 3. The molecule has 3 aromatic rings. The molecule has 10 heteroatoms. The van der Waals surface area contributed by atoms with Gasteiger partial charge in [-0.15, -0.1) is 10.2 Å². The minimum absolute atomic E-state index is 0.126. The third kappa shape index (κ3) is 6.22. The largest absolute Gasteiger partial charge is 0.465 e. The van der Waals surface area contributed by atoms with Gasteiger partial charge in [0, 0.05) is 17.8 Å². The zero-order valence-corrected chi connectivity index (χ0v) is 20.3. The van der Waals surface area contributed by atoms with Crippen molar-refractivity contribution in [2.75, 3.05) is 18.2 Å². The van der Waals surface area contributed by atoms with E-state index in [1.54, 1.807) is 30.3 Å². The number of rotatable bonds is 9. The van der Waals surface area contributed by atoms with E-state index in [0.717, 1.165) is 5.56 Å². The minimum Gasteiger partial charge on any atom is -0.465 e. The van der Waals surface area contributed by atoms with Crippen LogP contribution in [-0.2, 0) is 16.1 Å². The van der Waals surface area contributed by atoms with Crippen molar-refractivity contribution in [1.29, 1.82) is 0 Å². The summed E-state index contributed by atoms with van der Waals surface area (Å²) in [4.78, 5) is 36.5. The lowest BCUT2D eigenvalue weighted by Crippen LogP contribution is -2.28. The predicted octanol–water partition coefficient (Wildman–Crippen LogP) is 3.61. The summed E-state index contributed by atoms with van der Waals surface area (Å²) in [6.45, 7) is 6.33. The molecule has 0 saturated heterocycles. The van der Waals surface area contributed by atoms with Crippen molar-refractivity contribution in [3.63, 3.8) is 0 Å². The number of esters is 1. The first-order valence-corrected chi connectivity index (χ1v) is 11.7. The van der Waals surface area contributed by atoms with Crippen molar-refractivity contribution >= 4 is 35.2 Å². The second-order valence-corrected chi connectivity index (χ2v) is 8.50. The number of carbonyl (C=O) groups is 3. The summed E-state index contributed by atoms with van der Waals surface area (Å²) >= 11 is 1.26. The third-order valence-electron chi connectivity index (χ3n) is 5.00. The van der Waals surface area contributed by atoms with Crippen molar-refractivity contribution in [2.45, 2.75) is 38.5 Å². The summed E-state index contributed by atoms with van der Waals surface area (Å²) in [7, 11) is 1.31. The minimum atomic E-state index is -0.438. The number of anilines is 1. The van der Waals surface area contributed by atoms with Crippen LogP contribution in [0, 0.1) is 6.92 Å². The maximum absolute atomic E-state index is 12.6. The van der Waals surface area contributed by atoms with Gasteiger partial charge in [-0.05, 0) is 57.2 Å². The van der Waals surface area contributed by atoms with Gasteiger partial charge in [0.2, 0.25) is 5.91 Å². The van der Waals surface area contributed by atoms with Gasteiger partial charge in [-0.25, -0.2) is 4.79 Å². The maximum atomic E-state index is 12.6. The Bertz CT molecular complexity index is 1180. The fourth-order valence-corrected chi connectivity index (χ4v) is 4.10. The van der Waals surface area contributed by atoms with E-state index in [1.165, 1.54) is 18.9 Å². The molecule has 2 aromatic carbocycles. The molecule has 1 atom stereocenters. The van der Waals surface area contributed by atoms with Gasteiger partial charge >= 0.3 is 5.97 Å². The fourth-order valence-electron chi connectivity index (χ4n) is 3.29. The van der Waals surface area contributed by atoms with Gasteiger partial charge < -0.3 is 19.9 Å². The van der Waals surface area contributed by atoms with Gasteiger partial charge in [0.05, 0.1) is 24.5 Å². The van der Waals surface area contributed by atoms with E-state index in [9.17, 15) is 14.4 Å². The van der Waals surface area contributed by atoms with E-state index >= 15 is 0 Å². The zero-order chi connectivity index (χ0) is 24.7. The van der Waals surface area contributed by atoms with Crippen LogP contribution in [0.25, 0.3) is 0 Å². The Morgan fingerprint density at radius 3 is 2.47 bits per heavy atom. The van der Waals surface area contributed by atoms with E-state index in [4.69, 9.17) is 0 Å². The van der Waals surface area contributed by atoms with E-state index in [0.29, 0.717) is 34.3 Å². The molecule has 2 amide bonds. The summed E-state index contributed by atoms with van der Waals surface area (Å²) in [5, 5.41) is 14.8. The number of aromatic nitrogens is 3. The summed E-state index contributed by atoms with van der Waals surface area (Å²) in [6.07, 6.45) is 0. The van der Waals surface area contributed by atoms with Gasteiger partial charge in [-0.2, -0.15) is 0 Å². The molecule has 0 aliphatic carbocycles. The number of benzene rings is 2. The van der Waals surface area contributed by atoms with E-state index in [2.05, 4.69) is 25.6 Å². The maximum Gasteiger partial charge on any atom is 0.337 e. The number of hydrogen-bond acceptors (Lipinski definition) is 7. The average molecular weight is 482 g/mol. The molecule has 1 aromatic heterocycles. The molecule has 0 aliphatic heterocycles. The Morgan fingerprint density at radius 2 is 1.82 bits per heavy atom. The lowest BCUT2D eigenvalue weighted by molar-refractivity contribution is -0.113. The lowest BCUT2D eigenvalue weighted by atomic mass is 10.1. The highest BCUT2D eigenvalue weighted by Gasteiger charge is 2.20. The van der Waals surface area contributed by atoms with Crippen LogP contribution in [0.15, 0.2) is 53.7 Å². The molecular weight excluding hydrogens is 454 g/mol. The van der Waals surface area contributed by atoms with Crippen LogP contribution < -0.4 is 10.6 Å². The smallest absolute Gasteiger partial charge is 0.337 e. The number of thioether (sulfide) groups is 1. The number of methoxy groups -OCH3 is 1. The third-order valence-corrected chi connectivity index (χ3v) is 5.97. The molecule has 178 valence electrons. The Kier molecular flexibility index (Phi) is 8.42. The number of ether oxygens (including phenoxy) is 1. The molecule has 0 radical (unpaired) electrons. The highest BCUT2D eigenvalue weighted by Crippen LogP contribution is 2.21.